The number of carbonyl (C=O) groups is 3. The van der Waals surface area contributed by atoms with Crippen LogP contribution in [0.15, 0.2) is 70.2 Å². The van der Waals surface area contributed by atoms with Crippen molar-refractivity contribution in [3.05, 3.63) is 82.3 Å². The highest BCUT2D eigenvalue weighted by Gasteiger charge is 2.39. The summed E-state index contributed by atoms with van der Waals surface area (Å²) < 4.78 is 33.0. The van der Waals surface area contributed by atoms with Gasteiger partial charge < -0.3 is 10.1 Å². The van der Waals surface area contributed by atoms with Crippen molar-refractivity contribution >= 4 is 56.7 Å². The average molecular weight is 570 g/mol. The molecule has 13 heteroatoms. The van der Waals surface area contributed by atoms with Crippen molar-refractivity contribution in [2.75, 3.05) is 21.5 Å². The summed E-state index contributed by atoms with van der Waals surface area (Å²) in [5.41, 5.74) is 1.65. The summed E-state index contributed by atoms with van der Waals surface area (Å²) in [6.45, 7) is 5.54. The van der Waals surface area contributed by atoms with Crippen LogP contribution in [0.1, 0.15) is 35.1 Å². The molecule has 0 bridgehead atoms. The first kappa shape index (κ1) is 27.7. The second kappa shape index (κ2) is 11.2. The number of imide groups is 1. The molecule has 4 rings (SSSR count). The molecule has 1 aliphatic rings. The SMILES string of the molecule is CCCOC(=O)c1cccc(N2C(=O)C(Cl)=C(Nc3ccc(S(=O)(=O)Nc4nc(C)cc(C)n4)cc3)C2=O)c1. The van der Waals surface area contributed by atoms with Crippen molar-refractivity contribution < 1.29 is 27.5 Å². The Morgan fingerprint density at radius 3 is 2.31 bits per heavy atom. The molecule has 202 valence electrons. The topological polar surface area (TPSA) is 148 Å². The zero-order chi connectivity index (χ0) is 28.3. The van der Waals surface area contributed by atoms with Crippen molar-refractivity contribution in [2.24, 2.45) is 0 Å². The molecule has 0 aliphatic carbocycles. The van der Waals surface area contributed by atoms with Crippen LogP contribution in [0.2, 0.25) is 0 Å². The predicted octanol–water partition coefficient (Wildman–Crippen LogP) is 3.90. The molecule has 0 atom stereocenters. The minimum atomic E-state index is -3.99. The number of ether oxygens (including phenoxy) is 1. The summed E-state index contributed by atoms with van der Waals surface area (Å²) in [7, 11) is -3.99. The average Bonchev–Trinajstić information content (AvgIpc) is 3.09. The standard InChI is InChI=1S/C26H24ClN5O6S/c1-4-12-38-25(35)17-6-5-7-19(14-17)32-23(33)21(27)22(24(32)34)30-18-8-10-20(11-9-18)39(36,37)31-26-28-15(2)13-16(3)29-26/h5-11,13-14,30H,4,12H2,1-3H3,(H,28,29,31). The van der Waals surface area contributed by atoms with Gasteiger partial charge >= 0.3 is 5.97 Å². The summed E-state index contributed by atoms with van der Waals surface area (Å²) in [6.07, 6.45) is 0.646. The molecule has 0 spiro atoms. The molecule has 0 radical (unpaired) electrons. The van der Waals surface area contributed by atoms with Crippen molar-refractivity contribution in [1.82, 2.24) is 9.97 Å². The Morgan fingerprint density at radius 1 is 1.00 bits per heavy atom. The van der Waals surface area contributed by atoms with E-state index in [2.05, 4.69) is 20.0 Å². The van der Waals surface area contributed by atoms with Crippen LogP contribution < -0.4 is 14.9 Å². The third kappa shape index (κ3) is 6.07. The number of esters is 1. The van der Waals surface area contributed by atoms with Crippen LogP contribution in [-0.4, -0.2) is 42.8 Å². The molecule has 0 fully saturated rings. The minimum absolute atomic E-state index is 0.0514. The molecule has 2 amide bonds. The van der Waals surface area contributed by atoms with E-state index >= 15 is 0 Å². The van der Waals surface area contributed by atoms with E-state index in [0.29, 0.717) is 23.5 Å². The fraction of sp³-hybridized carbons (Fsp3) is 0.192. The molecular weight excluding hydrogens is 546 g/mol. The van der Waals surface area contributed by atoms with Crippen molar-refractivity contribution in [1.29, 1.82) is 0 Å². The molecular formula is C26H24ClN5O6S. The molecule has 1 aliphatic heterocycles. The number of aryl methyl sites for hydroxylation is 2. The fourth-order valence-electron chi connectivity index (χ4n) is 3.71. The largest absolute Gasteiger partial charge is 0.462 e. The van der Waals surface area contributed by atoms with Gasteiger partial charge in [-0.3, -0.25) is 9.59 Å². The first-order valence-electron chi connectivity index (χ1n) is 11.8. The Kier molecular flexibility index (Phi) is 7.98. The fourth-order valence-corrected chi connectivity index (χ4v) is 4.86. The number of nitrogens with one attached hydrogen (secondary N) is 2. The van der Waals surface area contributed by atoms with E-state index in [1.807, 2.05) is 6.92 Å². The summed E-state index contributed by atoms with van der Waals surface area (Å²) >= 11 is 6.20. The van der Waals surface area contributed by atoms with Gasteiger partial charge in [-0.1, -0.05) is 24.6 Å². The highest BCUT2D eigenvalue weighted by Crippen LogP contribution is 2.31. The number of amides is 2. The summed E-state index contributed by atoms with van der Waals surface area (Å²) in [6, 6.07) is 13.1. The van der Waals surface area contributed by atoms with Gasteiger partial charge in [0, 0.05) is 17.1 Å². The molecule has 0 unspecified atom stereocenters. The highest BCUT2D eigenvalue weighted by molar-refractivity contribution is 7.92. The van der Waals surface area contributed by atoms with Crippen LogP contribution in [0.3, 0.4) is 0 Å². The van der Waals surface area contributed by atoms with Gasteiger partial charge in [0.2, 0.25) is 5.95 Å². The maximum absolute atomic E-state index is 13.1. The van der Waals surface area contributed by atoms with Gasteiger partial charge in [-0.05, 0) is 68.8 Å². The third-order valence-electron chi connectivity index (χ3n) is 5.45. The van der Waals surface area contributed by atoms with Crippen LogP contribution in [0.4, 0.5) is 17.3 Å². The van der Waals surface area contributed by atoms with Crippen molar-refractivity contribution in [3.8, 4) is 0 Å². The second-order valence-corrected chi connectivity index (χ2v) is 10.6. The van der Waals surface area contributed by atoms with E-state index in [9.17, 15) is 22.8 Å². The molecule has 1 aromatic heterocycles. The van der Waals surface area contributed by atoms with E-state index in [1.165, 1.54) is 48.5 Å². The number of halogens is 1. The van der Waals surface area contributed by atoms with Crippen LogP contribution in [-0.2, 0) is 24.3 Å². The van der Waals surface area contributed by atoms with Gasteiger partial charge in [0.1, 0.15) is 10.7 Å². The minimum Gasteiger partial charge on any atom is -0.462 e. The Hall–Kier alpha value is -4.29. The lowest BCUT2D eigenvalue weighted by Gasteiger charge is -2.16. The van der Waals surface area contributed by atoms with E-state index in [-0.39, 0.29) is 39.4 Å². The van der Waals surface area contributed by atoms with Crippen LogP contribution in [0.5, 0.6) is 0 Å². The molecule has 3 aromatic rings. The predicted molar refractivity (Wildman–Crippen MR) is 145 cm³/mol. The van der Waals surface area contributed by atoms with Gasteiger partial charge in [0.25, 0.3) is 21.8 Å². The number of rotatable bonds is 9. The molecule has 0 saturated carbocycles. The Morgan fingerprint density at radius 2 is 1.67 bits per heavy atom. The lowest BCUT2D eigenvalue weighted by molar-refractivity contribution is -0.120. The molecule has 2 aromatic carbocycles. The van der Waals surface area contributed by atoms with E-state index in [0.717, 1.165) is 4.90 Å². The Bertz CT molecular complexity index is 1590. The number of hydrogen-bond donors (Lipinski definition) is 2. The summed E-state index contributed by atoms with van der Waals surface area (Å²) in [5.74, 6) is -2.15. The van der Waals surface area contributed by atoms with E-state index in [4.69, 9.17) is 16.3 Å². The molecule has 2 heterocycles. The normalized spacial score (nSPS) is 13.6. The van der Waals surface area contributed by atoms with Gasteiger partial charge in [0.05, 0.1) is 22.8 Å². The van der Waals surface area contributed by atoms with Gasteiger partial charge in [-0.15, -0.1) is 0 Å². The smallest absolute Gasteiger partial charge is 0.338 e. The highest BCUT2D eigenvalue weighted by atomic mass is 35.5. The Labute approximate surface area is 229 Å². The zero-order valence-electron chi connectivity index (χ0n) is 21.2. The lowest BCUT2D eigenvalue weighted by atomic mass is 10.2. The number of sulfonamides is 1. The number of nitrogens with zero attached hydrogens (tertiary/aromatic N) is 3. The summed E-state index contributed by atoms with van der Waals surface area (Å²) in [4.78, 5) is 47.1. The first-order valence-corrected chi connectivity index (χ1v) is 13.6. The quantitative estimate of drug-likeness (QED) is 0.289. The number of hydrogen-bond acceptors (Lipinski definition) is 9. The van der Waals surface area contributed by atoms with E-state index in [1.54, 1.807) is 19.9 Å². The molecule has 2 N–H and O–H groups in total. The number of benzene rings is 2. The van der Waals surface area contributed by atoms with Gasteiger partial charge in [0.15, 0.2) is 0 Å². The molecule has 0 saturated heterocycles. The lowest BCUT2D eigenvalue weighted by Crippen LogP contribution is -2.32. The van der Waals surface area contributed by atoms with Crippen molar-refractivity contribution in [3.63, 3.8) is 0 Å². The first-order chi connectivity index (χ1) is 18.5. The number of aromatic nitrogens is 2. The monoisotopic (exact) mass is 569 g/mol. The number of anilines is 3. The molecule has 11 nitrogen and oxygen atoms in total. The van der Waals surface area contributed by atoms with Gasteiger partial charge in [-0.25, -0.2) is 32.8 Å². The Balaban J connectivity index is 1.50. The van der Waals surface area contributed by atoms with Crippen molar-refractivity contribution in [2.45, 2.75) is 32.1 Å². The second-order valence-electron chi connectivity index (χ2n) is 8.55. The zero-order valence-corrected chi connectivity index (χ0v) is 22.8. The van der Waals surface area contributed by atoms with Crippen LogP contribution >= 0.6 is 11.6 Å². The summed E-state index contributed by atoms with van der Waals surface area (Å²) in [5, 5.41) is 2.43. The van der Waals surface area contributed by atoms with Gasteiger partial charge in [-0.2, -0.15) is 0 Å². The van der Waals surface area contributed by atoms with E-state index < -0.39 is 27.8 Å². The van der Waals surface area contributed by atoms with Crippen LogP contribution in [0.25, 0.3) is 0 Å². The van der Waals surface area contributed by atoms with Crippen LogP contribution in [0, 0.1) is 13.8 Å². The maximum atomic E-state index is 13.1. The third-order valence-corrected chi connectivity index (χ3v) is 7.14. The number of carbonyl (C=O) groups excluding carboxylic acids is 3. The maximum Gasteiger partial charge on any atom is 0.338 e. The molecule has 39 heavy (non-hydrogen) atoms.